The summed E-state index contributed by atoms with van der Waals surface area (Å²) >= 11 is 1.09. The molecule has 1 N–H and O–H groups in total. The highest BCUT2D eigenvalue weighted by atomic mass is 32.1. The Labute approximate surface area is 101 Å². The quantitative estimate of drug-likeness (QED) is 0.809. The van der Waals surface area contributed by atoms with Crippen LogP contribution >= 0.6 is 11.5 Å². The molecule has 7 nitrogen and oxygen atoms in total. The van der Waals surface area contributed by atoms with E-state index in [-0.39, 0.29) is 24.6 Å². The van der Waals surface area contributed by atoms with Gasteiger partial charge in [-0.2, -0.15) is 0 Å². The number of rotatable bonds is 3. The van der Waals surface area contributed by atoms with Crippen molar-refractivity contribution in [3.05, 3.63) is 11.1 Å². The van der Waals surface area contributed by atoms with Crippen molar-refractivity contribution in [3.8, 4) is 0 Å². The normalized spacial score (nSPS) is 20.2. The molecule has 0 radical (unpaired) electrons. The fourth-order valence-corrected chi connectivity index (χ4v) is 2.13. The Morgan fingerprint density at radius 2 is 2.47 bits per heavy atom. The Hall–Kier alpha value is -1.54. The maximum Gasteiger partial charge on any atom is 0.305 e. The average molecular weight is 257 g/mol. The van der Waals surface area contributed by atoms with E-state index in [1.807, 2.05) is 0 Å². The van der Waals surface area contributed by atoms with Crippen LogP contribution in [-0.4, -0.2) is 57.3 Å². The van der Waals surface area contributed by atoms with Gasteiger partial charge in [-0.05, 0) is 11.5 Å². The number of carbonyl (C=O) groups excluding carboxylic acids is 1. The van der Waals surface area contributed by atoms with Crippen molar-refractivity contribution in [2.75, 3.05) is 19.8 Å². The van der Waals surface area contributed by atoms with Crippen LogP contribution in [0.25, 0.3) is 0 Å². The number of carboxylic acid groups (broad SMARTS) is 1. The molecule has 1 saturated heterocycles. The first kappa shape index (κ1) is 11.9. The van der Waals surface area contributed by atoms with Crippen molar-refractivity contribution >= 4 is 23.4 Å². The predicted molar refractivity (Wildman–Crippen MR) is 57.8 cm³/mol. The van der Waals surface area contributed by atoms with Crippen LogP contribution in [0.4, 0.5) is 0 Å². The van der Waals surface area contributed by atoms with Gasteiger partial charge in [-0.15, -0.1) is 5.10 Å². The summed E-state index contributed by atoms with van der Waals surface area (Å²) in [4.78, 5) is 24.2. The summed E-state index contributed by atoms with van der Waals surface area (Å²) in [5.74, 6) is -1.23. The van der Waals surface area contributed by atoms with E-state index in [4.69, 9.17) is 9.84 Å². The van der Waals surface area contributed by atoms with E-state index in [0.717, 1.165) is 11.5 Å². The lowest BCUT2D eigenvalue weighted by atomic mass is 10.1. The van der Waals surface area contributed by atoms with Gasteiger partial charge in [0.25, 0.3) is 5.91 Å². The van der Waals surface area contributed by atoms with Crippen LogP contribution in [0.15, 0.2) is 5.38 Å². The predicted octanol–water partition coefficient (Wildman–Crippen LogP) is -0.146. The first-order valence-corrected chi connectivity index (χ1v) is 5.89. The maximum absolute atomic E-state index is 12.0. The lowest BCUT2D eigenvalue weighted by molar-refractivity contribution is -0.139. The molecule has 1 fully saturated rings. The fraction of sp³-hybridized carbons (Fsp3) is 0.556. The van der Waals surface area contributed by atoms with Crippen LogP contribution in [0.2, 0.25) is 0 Å². The molecule has 1 atom stereocenters. The highest BCUT2D eigenvalue weighted by Gasteiger charge is 2.30. The summed E-state index contributed by atoms with van der Waals surface area (Å²) < 4.78 is 8.81. The molecule has 1 unspecified atom stereocenters. The number of aliphatic carboxylic acids is 1. The molecule has 0 spiro atoms. The highest BCUT2D eigenvalue weighted by molar-refractivity contribution is 7.03. The SMILES string of the molecule is O=C(O)CC1COCCN1C(=O)c1csnn1. The number of carbonyl (C=O) groups is 2. The van der Waals surface area contributed by atoms with E-state index in [9.17, 15) is 9.59 Å². The van der Waals surface area contributed by atoms with Crippen LogP contribution in [0, 0.1) is 0 Å². The minimum Gasteiger partial charge on any atom is -0.481 e. The van der Waals surface area contributed by atoms with Gasteiger partial charge in [-0.25, -0.2) is 0 Å². The second kappa shape index (κ2) is 5.19. The van der Waals surface area contributed by atoms with E-state index in [0.29, 0.717) is 13.2 Å². The number of morpholine rings is 1. The van der Waals surface area contributed by atoms with E-state index in [2.05, 4.69) is 9.59 Å². The standard InChI is InChI=1S/C9H11N3O4S/c13-8(14)3-6-4-16-2-1-12(6)9(15)7-5-17-11-10-7/h5-6H,1-4H2,(H,13,14). The third-order valence-electron chi connectivity index (χ3n) is 2.48. The van der Waals surface area contributed by atoms with Crippen LogP contribution in [0.3, 0.4) is 0 Å². The molecule has 1 aromatic rings. The fourth-order valence-electron chi connectivity index (χ4n) is 1.70. The minimum atomic E-state index is -0.949. The molecule has 92 valence electrons. The summed E-state index contributed by atoms with van der Waals surface area (Å²) in [5.41, 5.74) is 0.257. The second-order valence-electron chi connectivity index (χ2n) is 3.62. The zero-order valence-electron chi connectivity index (χ0n) is 8.90. The van der Waals surface area contributed by atoms with Gasteiger partial charge < -0.3 is 14.7 Å². The Balaban J connectivity index is 2.10. The third kappa shape index (κ3) is 2.77. The van der Waals surface area contributed by atoms with E-state index in [1.54, 1.807) is 5.38 Å². The molecule has 0 aliphatic carbocycles. The molecule has 2 rings (SSSR count). The monoisotopic (exact) mass is 257 g/mol. The molecular weight excluding hydrogens is 246 g/mol. The number of hydrogen-bond acceptors (Lipinski definition) is 6. The van der Waals surface area contributed by atoms with Gasteiger partial charge in [-0.1, -0.05) is 4.49 Å². The maximum atomic E-state index is 12.0. The third-order valence-corrected chi connectivity index (χ3v) is 2.98. The van der Waals surface area contributed by atoms with Crippen LogP contribution < -0.4 is 0 Å². The van der Waals surface area contributed by atoms with Crippen LogP contribution in [0.1, 0.15) is 16.9 Å². The van der Waals surface area contributed by atoms with Crippen LogP contribution in [0.5, 0.6) is 0 Å². The molecule has 17 heavy (non-hydrogen) atoms. The van der Waals surface area contributed by atoms with Gasteiger partial charge in [-0.3, -0.25) is 9.59 Å². The molecule has 1 aliphatic heterocycles. The smallest absolute Gasteiger partial charge is 0.305 e. The first-order chi connectivity index (χ1) is 8.18. The van der Waals surface area contributed by atoms with Gasteiger partial charge >= 0.3 is 5.97 Å². The lowest BCUT2D eigenvalue weighted by Crippen LogP contribution is -2.49. The largest absolute Gasteiger partial charge is 0.481 e. The lowest BCUT2D eigenvalue weighted by Gasteiger charge is -2.34. The van der Waals surface area contributed by atoms with Crippen molar-refractivity contribution in [2.45, 2.75) is 12.5 Å². The minimum absolute atomic E-state index is 0.122. The van der Waals surface area contributed by atoms with Gasteiger partial charge in [0.1, 0.15) is 0 Å². The zero-order valence-corrected chi connectivity index (χ0v) is 9.72. The van der Waals surface area contributed by atoms with Crippen molar-refractivity contribution < 1.29 is 19.4 Å². The Morgan fingerprint density at radius 3 is 3.12 bits per heavy atom. The zero-order chi connectivity index (χ0) is 12.3. The molecule has 8 heteroatoms. The van der Waals surface area contributed by atoms with Gasteiger partial charge in [0, 0.05) is 11.9 Å². The first-order valence-electron chi connectivity index (χ1n) is 5.06. The number of ether oxygens (including phenoxy) is 1. The number of hydrogen-bond donors (Lipinski definition) is 1. The highest BCUT2D eigenvalue weighted by Crippen LogP contribution is 2.14. The molecular formula is C9H11N3O4S. The summed E-state index contributed by atoms with van der Waals surface area (Å²) in [6.45, 7) is 1.04. The van der Waals surface area contributed by atoms with Crippen molar-refractivity contribution in [2.24, 2.45) is 0 Å². The van der Waals surface area contributed by atoms with Gasteiger partial charge in [0.2, 0.25) is 0 Å². The molecule has 0 bridgehead atoms. The number of aromatic nitrogens is 2. The Kier molecular flexibility index (Phi) is 3.64. The molecule has 0 aromatic carbocycles. The topological polar surface area (TPSA) is 92.6 Å². The number of amides is 1. The van der Waals surface area contributed by atoms with Crippen molar-refractivity contribution in [1.82, 2.24) is 14.5 Å². The van der Waals surface area contributed by atoms with E-state index >= 15 is 0 Å². The van der Waals surface area contributed by atoms with Crippen molar-refractivity contribution in [3.63, 3.8) is 0 Å². The van der Waals surface area contributed by atoms with Gasteiger partial charge in [0.15, 0.2) is 5.69 Å². The molecule has 1 aromatic heterocycles. The van der Waals surface area contributed by atoms with E-state index < -0.39 is 12.0 Å². The Bertz CT molecular complexity index is 408. The number of carboxylic acids is 1. The van der Waals surface area contributed by atoms with E-state index in [1.165, 1.54) is 4.90 Å². The summed E-state index contributed by atoms with van der Waals surface area (Å²) in [6, 6.07) is -0.435. The van der Waals surface area contributed by atoms with Crippen molar-refractivity contribution in [1.29, 1.82) is 0 Å². The summed E-state index contributed by atoms with van der Waals surface area (Å²) in [6.07, 6.45) is -0.122. The number of nitrogens with zero attached hydrogens (tertiary/aromatic N) is 3. The summed E-state index contributed by atoms with van der Waals surface area (Å²) in [7, 11) is 0. The molecule has 2 heterocycles. The molecule has 1 amide bonds. The Morgan fingerprint density at radius 1 is 1.65 bits per heavy atom. The second-order valence-corrected chi connectivity index (χ2v) is 4.23. The van der Waals surface area contributed by atoms with Crippen LogP contribution in [-0.2, 0) is 9.53 Å². The summed E-state index contributed by atoms with van der Waals surface area (Å²) in [5, 5.41) is 14.0. The molecule has 0 saturated carbocycles. The average Bonchev–Trinajstić information content (AvgIpc) is 2.81. The van der Waals surface area contributed by atoms with Gasteiger partial charge in [0.05, 0.1) is 25.7 Å². The molecule has 1 aliphatic rings.